The van der Waals surface area contributed by atoms with Gasteiger partial charge in [-0.2, -0.15) is 0 Å². The first-order valence-corrected chi connectivity index (χ1v) is 5.28. The largest absolute Gasteiger partial charge is 0.507 e. The number of carbonyl (C=O) groups excluding carboxylic acids is 1. The quantitative estimate of drug-likeness (QED) is 0.703. The Kier molecular flexibility index (Phi) is 3.01. The summed E-state index contributed by atoms with van der Waals surface area (Å²) in [7, 11) is 0. The SMILES string of the molecule is CCOC(=O)C(O)c1ccc2[nH]ccc2c1O. The molecule has 1 aromatic carbocycles. The predicted molar refractivity (Wildman–Crippen MR) is 61.6 cm³/mol. The Morgan fingerprint density at radius 2 is 2.24 bits per heavy atom. The number of esters is 1. The number of carbonyl (C=O) groups is 1. The highest BCUT2D eigenvalue weighted by Gasteiger charge is 2.23. The molecule has 3 N–H and O–H groups in total. The zero-order valence-electron chi connectivity index (χ0n) is 9.30. The van der Waals surface area contributed by atoms with Crippen LogP contribution >= 0.6 is 0 Å². The lowest BCUT2D eigenvalue weighted by atomic mass is 10.1. The summed E-state index contributed by atoms with van der Waals surface area (Å²) < 4.78 is 4.70. The minimum atomic E-state index is -1.46. The molecule has 5 heteroatoms. The second-order valence-electron chi connectivity index (χ2n) is 3.60. The number of aromatic amines is 1. The fraction of sp³-hybridized carbons (Fsp3) is 0.250. The van der Waals surface area contributed by atoms with Crippen LogP contribution in [0.3, 0.4) is 0 Å². The molecule has 1 unspecified atom stereocenters. The van der Waals surface area contributed by atoms with E-state index >= 15 is 0 Å². The van der Waals surface area contributed by atoms with Crippen LogP contribution < -0.4 is 0 Å². The molecule has 0 spiro atoms. The standard InChI is InChI=1S/C12H13NO4/c1-2-17-12(16)11(15)8-3-4-9-7(10(8)14)5-6-13-9/h3-6,11,13-15H,2H2,1H3. The monoisotopic (exact) mass is 235 g/mol. The van der Waals surface area contributed by atoms with E-state index in [0.29, 0.717) is 5.39 Å². The summed E-state index contributed by atoms with van der Waals surface area (Å²) in [6, 6.07) is 4.86. The van der Waals surface area contributed by atoms with Crippen LogP contribution in [0.15, 0.2) is 24.4 Å². The first kappa shape index (κ1) is 11.5. The van der Waals surface area contributed by atoms with E-state index in [1.807, 2.05) is 0 Å². The molecule has 1 atom stereocenters. The maximum Gasteiger partial charge on any atom is 0.339 e. The van der Waals surface area contributed by atoms with E-state index in [2.05, 4.69) is 4.98 Å². The van der Waals surface area contributed by atoms with Gasteiger partial charge in [0.05, 0.1) is 6.61 Å². The predicted octanol–water partition coefficient (Wildman–Crippen LogP) is 1.47. The number of ether oxygens (including phenoxy) is 1. The lowest BCUT2D eigenvalue weighted by Crippen LogP contribution is -2.15. The number of nitrogens with one attached hydrogen (secondary N) is 1. The van der Waals surface area contributed by atoms with Gasteiger partial charge in [0.15, 0.2) is 6.10 Å². The number of phenols is 1. The van der Waals surface area contributed by atoms with E-state index in [-0.39, 0.29) is 17.9 Å². The Labute approximate surface area is 97.6 Å². The number of aromatic nitrogens is 1. The van der Waals surface area contributed by atoms with Crippen LogP contribution in [-0.4, -0.2) is 27.8 Å². The first-order chi connectivity index (χ1) is 8.15. The van der Waals surface area contributed by atoms with E-state index in [1.165, 1.54) is 6.07 Å². The zero-order valence-corrected chi connectivity index (χ0v) is 9.30. The molecule has 1 heterocycles. The van der Waals surface area contributed by atoms with E-state index in [4.69, 9.17) is 4.74 Å². The fourth-order valence-corrected chi connectivity index (χ4v) is 1.70. The molecule has 2 rings (SSSR count). The summed E-state index contributed by atoms with van der Waals surface area (Å²) in [5.41, 5.74) is 0.887. The van der Waals surface area contributed by atoms with Crippen molar-refractivity contribution in [2.45, 2.75) is 13.0 Å². The van der Waals surface area contributed by atoms with Crippen LogP contribution in [0.1, 0.15) is 18.6 Å². The summed E-state index contributed by atoms with van der Waals surface area (Å²) in [5, 5.41) is 20.3. The molecule has 90 valence electrons. The molecule has 5 nitrogen and oxygen atoms in total. The molecular formula is C12H13NO4. The maximum atomic E-state index is 11.4. The molecule has 0 saturated heterocycles. The van der Waals surface area contributed by atoms with Crippen molar-refractivity contribution in [2.75, 3.05) is 6.61 Å². The summed E-state index contributed by atoms with van der Waals surface area (Å²) in [5.74, 6) is -0.873. The second kappa shape index (κ2) is 4.47. The number of H-pyrrole nitrogens is 1. The zero-order chi connectivity index (χ0) is 12.4. The van der Waals surface area contributed by atoms with E-state index < -0.39 is 12.1 Å². The Bertz CT molecular complexity index is 546. The van der Waals surface area contributed by atoms with Gasteiger partial charge in [0, 0.05) is 22.7 Å². The molecule has 0 saturated carbocycles. The van der Waals surface area contributed by atoms with E-state index in [1.54, 1.807) is 25.3 Å². The molecule has 0 bridgehead atoms. The van der Waals surface area contributed by atoms with Crippen molar-refractivity contribution in [3.8, 4) is 5.75 Å². The Morgan fingerprint density at radius 1 is 1.47 bits per heavy atom. The van der Waals surface area contributed by atoms with Crippen molar-refractivity contribution in [1.29, 1.82) is 0 Å². The average molecular weight is 235 g/mol. The summed E-state index contributed by atoms with van der Waals surface area (Å²) >= 11 is 0. The third-order valence-electron chi connectivity index (χ3n) is 2.54. The maximum absolute atomic E-state index is 11.4. The molecule has 0 aliphatic heterocycles. The molecule has 0 radical (unpaired) electrons. The van der Waals surface area contributed by atoms with Gasteiger partial charge in [-0.1, -0.05) is 6.07 Å². The summed E-state index contributed by atoms with van der Waals surface area (Å²) in [6.07, 6.45) is 0.208. The van der Waals surface area contributed by atoms with Gasteiger partial charge in [0.2, 0.25) is 0 Å². The molecule has 17 heavy (non-hydrogen) atoms. The van der Waals surface area contributed by atoms with Crippen molar-refractivity contribution in [2.24, 2.45) is 0 Å². The van der Waals surface area contributed by atoms with Crippen molar-refractivity contribution < 1.29 is 19.7 Å². The van der Waals surface area contributed by atoms with Gasteiger partial charge < -0.3 is 19.9 Å². The first-order valence-electron chi connectivity index (χ1n) is 5.28. The molecular weight excluding hydrogens is 222 g/mol. The van der Waals surface area contributed by atoms with Crippen LogP contribution in [0.5, 0.6) is 5.75 Å². The second-order valence-corrected chi connectivity index (χ2v) is 3.60. The molecule has 1 aromatic heterocycles. The number of aliphatic hydroxyl groups excluding tert-OH is 1. The van der Waals surface area contributed by atoms with Crippen molar-refractivity contribution in [3.63, 3.8) is 0 Å². The van der Waals surface area contributed by atoms with Crippen LogP contribution in [0, 0.1) is 0 Å². The molecule has 2 aromatic rings. The number of aliphatic hydroxyl groups is 1. The smallest absolute Gasteiger partial charge is 0.339 e. The highest BCUT2D eigenvalue weighted by molar-refractivity contribution is 5.89. The van der Waals surface area contributed by atoms with Gasteiger partial charge >= 0.3 is 5.97 Å². The van der Waals surface area contributed by atoms with Gasteiger partial charge in [-0.15, -0.1) is 0 Å². The highest BCUT2D eigenvalue weighted by atomic mass is 16.5. The lowest BCUT2D eigenvalue weighted by Gasteiger charge is -2.11. The molecule has 0 aliphatic rings. The Balaban J connectivity index is 2.41. The average Bonchev–Trinajstić information content (AvgIpc) is 2.78. The third-order valence-corrected chi connectivity index (χ3v) is 2.54. The van der Waals surface area contributed by atoms with Crippen LogP contribution in [0.4, 0.5) is 0 Å². The number of aromatic hydroxyl groups is 1. The minimum Gasteiger partial charge on any atom is -0.507 e. The molecule has 0 fully saturated rings. The summed E-state index contributed by atoms with van der Waals surface area (Å²) in [4.78, 5) is 14.3. The number of phenolic OH excluding ortho intramolecular Hbond substituents is 1. The summed E-state index contributed by atoms with van der Waals surface area (Å²) in [6.45, 7) is 1.84. The van der Waals surface area contributed by atoms with Crippen LogP contribution in [-0.2, 0) is 9.53 Å². The highest BCUT2D eigenvalue weighted by Crippen LogP contribution is 2.32. The number of hydrogen-bond acceptors (Lipinski definition) is 4. The topological polar surface area (TPSA) is 82.5 Å². The van der Waals surface area contributed by atoms with Crippen molar-refractivity contribution >= 4 is 16.9 Å². The van der Waals surface area contributed by atoms with Crippen molar-refractivity contribution in [1.82, 2.24) is 4.98 Å². The number of fused-ring (bicyclic) bond motifs is 1. The van der Waals surface area contributed by atoms with Gasteiger partial charge in [-0.25, -0.2) is 4.79 Å². The third kappa shape index (κ3) is 1.97. The van der Waals surface area contributed by atoms with Crippen LogP contribution in [0.2, 0.25) is 0 Å². The van der Waals surface area contributed by atoms with Gasteiger partial charge in [-0.3, -0.25) is 0 Å². The van der Waals surface area contributed by atoms with Gasteiger partial charge in [0.25, 0.3) is 0 Å². The Morgan fingerprint density at radius 3 is 2.94 bits per heavy atom. The minimum absolute atomic E-state index is 0.107. The normalized spacial score (nSPS) is 12.6. The lowest BCUT2D eigenvalue weighted by molar-refractivity contribution is -0.153. The fourth-order valence-electron chi connectivity index (χ4n) is 1.70. The number of benzene rings is 1. The van der Waals surface area contributed by atoms with E-state index in [9.17, 15) is 15.0 Å². The number of rotatable bonds is 3. The van der Waals surface area contributed by atoms with Gasteiger partial charge in [0.1, 0.15) is 5.75 Å². The molecule has 0 amide bonds. The number of hydrogen-bond donors (Lipinski definition) is 3. The van der Waals surface area contributed by atoms with E-state index in [0.717, 1.165) is 5.52 Å². The van der Waals surface area contributed by atoms with Crippen LogP contribution in [0.25, 0.3) is 10.9 Å². The molecule has 0 aliphatic carbocycles. The van der Waals surface area contributed by atoms with Crippen molar-refractivity contribution in [3.05, 3.63) is 30.0 Å². The van der Waals surface area contributed by atoms with Gasteiger partial charge in [-0.05, 0) is 19.1 Å². The Hall–Kier alpha value is -2.01.